The molecule has 0 aromatic heterocycles. The molecule has 2 nitrogen and oxygen atoms in total. The SMILES string of the molecule is C[Si](C)(C)OC1CCCCCCCCCC1O[Si](C)(C)C. The molecule has 1 fully saturated rings. The van der Waals surface area contributed by atoms with Crippen LogP contribution in [0.15, 0.2) is 0 Å². The van der Waals surface area contributed by atoms with Crippen LogP contribution in [0.25, 0.3) is 0 Å². The van der Waals surface area contributed by atoms with Gasteiger partial charge in [0.15, 0.2) is 16.6 Å². The molecule has 4 heteroatoms. The van der Waals surface area contributed by atoms with Crippen molar-refractivity contribution in [3.8, 4) is 0 Å². The summed E-state index contributed by atoms with van der Waals surface area (Å²) >= 11 is 0. The summed E-state index contributed by atoms with van der Waals surface area (Å²) in [5.74, 6) is 0. The van der Waals surface area contributed by atoms with Crippen LogP contribution in [0, 0.1) is 0 Å². The van der Waals surface area contributed by atoms with Crippen molar-refractivity contribution in [2.24, 2.45) is 0 Å². The van der Waals surface area contributed by atoms with Crippen LogP contribution in [0.2, 0.25) is 39.3 Å². The number of rotatable bonds is 4. The van der Waals surface area contributed by atoms with E-state index in [0.717, 1.165) is 0 Å². The monoisotopic (exact) mass is 330 g/mol. The smallest absolute Gasteiger partial charge is 0.184 e. The molecule has 0 saturated heterocycles. The van der Waals surface area contributed by atoms with E-state index in [0.29, 0.717) is 12.2 Å². The van der Waals surface area contributed by atoms with Gasteiger partial charge in [-0.25, -0.2) is 0 Å². The molecule has 0 aliphatic heterocycles. The minimum Gasteiger partial charge on any atom is -0.412 e. The lowest BCUT2D eigenvalue weighted by atomic mass is 10.0. The topological polar surface area (TPSA) is 18.5 Å². The molecule has 0 aromatic rings. The molecule has 0 bridgehead atoms. The highest BCUT2D eigenvalue weighted by molar-refractivity contribution is 6.70. The van der Waals surface area contributed by atoms with Gasteiger partial charge >= 0.3 is 0 Å². The zero-order chi connectivity index (χ0) is 15.9. The fourth-order valence-electron chi connectivity index (χ4n) is 3.12. The van der Waals surface area contributed by atoms with E-state index in [4.69, 9.17) is 8.85 Å². The van der Waals surface area contributed by atoms with Crippen LogP contribution in [0.1, 0.15) is 57.8 Å². The average molecular weight is 331 g/mol. The predicted molar refractivity (Wildman–Crippen MR) is 98.0 cm³/mol. The Morgan fingerprint density at radius 2 is 0.810 bits per heavy atom. The Balaban J connectivity index is 2.76. The molecule has 2 atom stereocenters. The predicted octanol–water partition coefficient (Wildman–Crippen LogP) is 5.95. The van der Waals surface area contributed by atoms with Crippen molar-refractivity contribution in [3.63, 3.8) is 0 Å². The molecule has 1 aliphatic rings. The molecule has 1 saturated carbocycles. The van der Waals surface area contributed by atoms with Crippen LogP contribution < -0.4 is 0 Å². The Bertz CT molecular complexity index is 253. The quantitative estimate of drug-likeness (QED) is 0.593. The molecule has 0 heterocycles. The first-order valence-electron chi connectivity index (χ1n) is 9.03. The molecule has 0 radical (unpaired) electrons. The zero-order valence-electron chi connectivity index (χ0n) is 15.3. The van der Waals surface area contributed by atoms with E-state index >= 15 is 0 Å². The molecule has 0 N–H and O–H groups in total. The van der Waals surface area contributed by atoms with E-state index < -0.39 is 16.6 Å². The van der Waals surface area contributed by atoms with E-state index in [1.54, 1.807) is 0 Å². The first-order chi connectivity index (χ1) is 9.67. The first-order valence-corrected chi connectivity index (χ1v) is 15.8. The summed E-state index contributed by atoms with van der Waals surface area (Å²) in [5, 5.41) is 0. The molecule has 0 amide bonds. The molecule has 1 rings (SSSR count). The van der Waals surface area contributed by atoms with Crippen molar-refractivity contribution in [1.82, 2.24) is 0 Å². The molecular formula is C17H38O2Si2. The highest BCUT2D eigenvalue weighted by atomic mass is 28.4. The summed E-state index contributed by atoms with van der Waals surface area (Å²) in [5.41, 5.74) is 0. The highest BCUT2D eigenvalue weighted by Crippen LogP contribution is 2.26. The van der Waals surface area contributed by atoms with Gasteiger partial charge in [0, 0.05) is 0 Å². The van der Waals surface area contributed by atoms with Gasteiger partial charge in [-0.1, -0.05) is 44.9 Å². The molecule has 2 unspecified atom stereocenters. The van der Waals surface area contributed by atoms with Crippen molar-refractivity contribution in [1.29, 1.82) is 0 Å². The van der Waals surface area contributed by atoms with Crippen molar-refractivity contribution >= 4 is 16.6 Å². The largest absolute Gasteiger partial charge is 0.412 e. The van der Waals surface area contributed by atoms with Gasteiger partial charge in [0.2, 0.25) is 0 Å². The molecular weight excluding hydrogens is 292 g/mol. The van der Waals surface area contributed by atoms with Gasteiger partial charge in [-0.05, 0) is 52.1 Å². The maximum atomic E-state index is 6.55. The third-order valence-corrected chi connectivity index (χ3v) is 5.92. The lowest BCUT2D eigenvalue weighted by Gasteiger charge is -2.36. The van der Waals surface area contributed by atoms with E-state index in [9.17, 15) is 0 Å². The Labute approximate surface area is 135 Å². The summed E-state index contributed by atoms with van der Waals surface area (Å²) in [6, 6.07) is 0. The second-order valence-electron chi connectivity index (χ2n) is 8.59. The standard InChI is InChI=1S/C17H38O2Si2/c1-20(2,3)18-16-14-12-10-8-7-9-11-13-15-17(16)19-21(4,5)6/h16-17H,7-15H2,1-6H3. The van der Waals surface area contributed by atoms with E-state index in [1.807, 2.05) is 0 Å². The van der Waals surface area contributed by atoms with Crippen molar-refractivity contribution < 1.29 is 8.85 Å². The summed E-state index contributed by atoms with van der Waals surface area (Å²) in [6.07, 6.45) is 12.6. The maximum Gasteiger partial charge on any atom is 0.184 e. The lowest BCUT2D eigenvalue weighted by Crippen LogP contribution is -2.44. The van der Waals surface area contributed by atoms with Gasteiger partial charge in [0.1, 0.15) is 0 Å². The molecule has 1 aliphatic carbocycles. The molecule has 126 valence electrons. The summed E-state index contributed by atoms with van der Waals surface area (Å²) in [6.45, 7) is 13.9. The van der Waals surface area contributed by atoms with Gasteiger partial charge in [0.25, 0.3) is 0 Å². The van der Waals surface area contributed by atoms with E-state index in [2.05, 4.69) is 39.3 Å². The van der Waals surface area contributed by atoms with Crippen LogP contribution in [0.3, 0.4) is 0 Å². The van der Waals surface area contributed by atoms with Gasteiger partial charge in [-0.3, -0.25) is 0 Å². The molecule has 0 spiro atoms. The van der Waals surface area contributed by atoms with Crippen molar-refractivity contribution in [3.05, 3.63) is 0 Å². The second-order valence-corrected chi connectivity index (χ2v) is 17.5. The first kappa shape index (κ1) is 19.4. The van der Waals surface area contributed by atoms with Crippen LogP contribution >= 0.6 is 0 Å². The van der Waals surface area contributed by atoms with Gasteiger partial charge in [-0.15, -0.1) is 0 Å². The minimum atomic E-state index is -1.51. The molecule has 0 aromatic carbocycles. The average Bonchev–Trinajstić information content (AvgIpc) is 2.34. The summed E-state index contributed by atoms with van der Waals surface area (Å²) in [7, 11) is -3.01. The van der Waals surface area contributed by atoms with Crippen LogP contribution in [-0.2, 0) is 8.85 Å². The van der Waals surface area contributed by atoms with Crippen LogP contribution in [-0.4, -0.2) is 28.8 Å². The fourth-order valence-corrected chi connectivity index (χ4v) is 5.48. The summed E-state index contributed by atoms with van der Waals surface area (Å²) in [4.78, 5) is 0. The minimum absolute atomic E-state index is 0.335. The lowest BCUT2D eigenvalue weighted by molar-refractivity contribution is 0.0307. The summed E-state index contributed by atoms with van der Waals surface area (Å²) < 4.78 is 13.1. The Morgan fingerprint density at radius 3 is 1.10 bits per heavy atom. The van der Waals surface area contributed by atoms with Gasteiger partial charge in [0.05, 0.1) is 12.2 Å². The fraction of sp³-hybridized carbons (Fsp3) is 1.00. The zero-order valence-corrected chi connectivity index (χ0v) is 17.3. The van der Waals surface area contributed by atoms with Crippen LogP contribution in [0.4, 0.5) is 0 Å². The van der Waals surface area contributed by atoms with Gasteiger partial charge < -0.3 is 8.85 Å². The maximum absolute atomic E-state index is 6.55. The Morgan fingerprint density at radius 1 is 0.524 bits per heavy atom. The highest BCUT2D eigenvalue weighted by Gasteiger charge is 2.31. The van der Waals surface area contributed by atoms with Gasteiger partial charge in [-0.2, -0.15) is 0 Å². The van der Waals surface area contributed by atoms with Crippen molar-refractivity contribution in [2.75, 3.05) is 0 Å². The Hall–Kier alpha value is 0.354. The Kier molecular flexibility index (Phi) is 8.17. The number of hydrogen-bond acceptors (Lipinski definition) is 2. The normalized spacial score (nSPS) is 27.1. The third-order valence-electron chi connectivity index (χ3n) is 3.90. The van der Waals surface area contributed by atoms with E-state index in [-0.39, 0.29) is 0 Å². The second kappa shape index (κ2) is 8.85. The van der Waals surface area contributed by atoms with Crippen LogP contribution in [0.5, 0.6) is 0 Å². The van der Waals surface area contributed by atoms with Crippen molar-refractivity contribution in [2.45, 2.75) is 109 Å². The van der Waals surface area contributed by atoms with E-state index in [1.165, 1.54) is 57.8 Å². The third kappa shape index (κ3) is 9.87. The number of hydrogen-bond donors (Lipinski definition) is 0. The molecule has 21 heavy (non-hydrogen) atoms.